The first-order valence-corrected chi connectivity index (χ1v) is 9.42. The second-order valence-electron chi connectivity index (χ2n) is 4.38. The Kier molecular flexibility index (Phi) is 11.0. The number of anilines is 3. The highest BCUT2D eigenvalue weighted by molar-refractivity contribution is 7.85. The van der Waals surface area contributed by atoms with Crippen molar-refractivity contribution in [3.8, 4) is 5.75 Å². The van der Waals surface area contributed by atoms with Crippen molar-refractivity contribution < 1.29 is 17.7 Å². The Labute approximate surface area is 149 Å². The molecule has 2 aromatic rings. The van der Waals surface area contributed by atoms with Gasteiger partial charge < -0.3 is 21.5 Å². The van der Waals surface area contributed by atoms with Crippen molar-refractivity contribution in [1.82, 2.24) is 0 Å². The average Bonchev–Trinajstić information content (AvgIpc) is 2.61. The molecule has 0 aliphatic rings. The molecular weight excluding hydrogens is 342 g/mol. The topological polar surface area (TPSA) is 128 Å². The Morgan fingerprint density at radius 2 is 1.64 bits per heavy atom. The third kappa shape index (κ3) is 9.55. The first kappa shape index (κ1) is 22.7. The zero-order chi connectivity index (χ0) is 19.3. The summed E-state index contributed by atoms with van der Waals surface area (Å²) in [6.07, 6.45) is 0. The molecule has 0 aliphatic carbocycles. The lowest BCUT2D eigenvalue weighted by atomic mass is 10.2. The molecule has 0 radical (unpaired) electrons. The van der Waals surface area contributed by atoms with Gasteiger partial charge in [0.05, 0.1) is 5.69 Å². The fourth-order valence-electron chi connectivity index (χ4n) is 1.68. The van der Waals surface area contributed by atoms with Crippen LogP contribution in [0.15, 0.2) is 48.5 Å². The number of para-hydroxylation sites is 1. The van der Waals surface area contributed by atoms with E-state index in [4.69, 9.17) is 15.0 Å². The Morgan fingerprint density at radius 3 is 2.20 bits per heavy atom. The van der Waals surface area contributed by atoms with Crippen LogP contribution in [0.3, 0.4) is 0 Å². The number of nitrogens with two attached hydrogens (primary N) is 2. The van der Waals surface area contributed by atoms with Crippen molar-refractivity contribution in [3.63, 3.8) is 0 Å². The maximum absolute atomic E-state index is 10.6. The number of nitrogen functional groups attached to an aromatic ring is 1. The summed E-state index contributed by atoms with van der Waals surface area (Å²) in [6.45, 7) is 3.83. The monoisotopic (exact) mass is 369 g/mol. The molecular formula is C17H27N3O4S. The van der Waals surface area contributed by atoms with E-state index in [1.165, 1.54) is 7.05 Å². The standard InChI is InChI=1S/C14H16N2O4S.C2H6.CH5N/c15-13-7-6-12(16-11-4-2-1-3-5-11)10-14(13)20-8-9-21(17,18)19;2*1-2/h1-7,10,16H,8-9,15H2,(H,17,18,19);1-2H3;2H2,1H3. The first-order valence-electron chi connectivity index (χ1n) is 7.81. The van der Waals surface area contributed by atoms with Crippen molar-refractivity contribution in [1.29, 1.82) is 0 Å². The quantitative estimate of drug-likeness (QED) is 0.455. The van der Waals surface area contributed by atoms with Crippen molar-refractivity contribution in [2.45, 2.75) is 13.8 Å². The first-order chi connectivity index (χ1) is 11.9. The zero-order valence-electron chi connectivity index (χ0n) is 14.8. The largest absolute Gasteiger partial charge is 0.490 e. The van der Waals surface area contributed by atoms with Gasteiger partial charge in [-0.1, -0.05) is 32.0 Å². The number of rotatable bonds is 6. The van der Waals surface area contributed by atoms with E-state index in [-0.39, 0.29) is 6.61 Å². The molecule has 0 fully saturated rings. The van der Waals surface area contributed by atoms with Crippen LogP contribution in [0.1, 0.15) is 13.8 Å². The van der Waals surface area contributed by atoms with E-state index >= 15 is 0 Å². The van der Waals surface area contributed by atoms with Crippen LogP contribution in [-0.4, -0.2) is 32.4 Å². The number of ether oxygens (including phenoxy) is 1. The van der Waals surface area contributed by atoms with Crippen molar-refractivity contribution in [3.05, 3.63) is 48.5 Å². The average molecular weight is 369 g/mol. The molecule has 6 N–H and O–H groups in total. The van der Waals surface area contributed by atoms with E-state index in [9.17, 15) is 8.42 Å². The smallest absolute Gasteiger partial charge is 0.268 e. The van der Waals surface area contributed by atoms with E-state index < -0.39 is 15.9 Å². The summed E-state index contributed by atoms with van der Waals surface area (Å²) in [5.74, 6) is -0.123. The van der Waals surface area contributed by atoms with Crippen LogP contribution in [0.5, 0.6) is 5.75 Å². The van der Waals surface area contributed by atoms with Crippen molar-refractivity contribution in [2.75, 3.05) is 30.5 Å². The van der Waals surface area contributed by atoms with Crippen LogP contribution in [0.25, 0.3) is 0 Å². The van der Waals surface area contributed by atoms with Crippen LogP contribution in [0.4, 0.5) is 17.1 Å². The van der Waals surface area contributed by atoms with Gasteiger partial charge in [-0.15, -0.1) is 0 Å². The van der Waals surface area contributed by atoms with Crippen molar-refractivity contribution >= 4 is 27.2 Å². The molecule has 0 unspecified atom stereocenters. The van der Waals surface area contributed by atoms with Crippen LogP contribution in [-0.2, 0) is 10.1 Å². The van der Waals surface area contributed by atoms with Crippen LogP contribution < -0.4 is 21.5 Å². The SMILES string of the molecule is CC.CN.Nc1ccc(Nc2ccccc2)cc1OCCS(=O)(=O)O. The van der Waals surface area contributed by atoms with Crippen LogP contribution in [0.2, 0.25) is 0 Å². The molecule has 25 heavy (non-hydrogen) atoms. The minimum Gasteiger partial charge on any atom is -0.490 e. The highest BCUT2D eigenvalue weighted by atomic mass is 32.2. The highest BCUT2D eigenvalue weighted by Crippen LogP contribution is 2.27. The molecule has 140 valence electrons. The molecule has 0 saturated carbocycles. The van der Waals surface area contributed by atoms with Gasteiger partial charge in [0.2, 0.25) is 0 Å². The number of hydrogen-bond donors (Lipinski definition) is 4. The van der Waals surface area contributed by atoms with Gasteiger partial charge in [0, 0.05) is 17.4 Å². The number of nitrogens with one attached hydrogen (secondary N) is 1. The van der Waals surface area contributed by atoms with E-state index in [1.54, 1.807) is 18.2 Å². The summed E-state index contributed by atoms with van der Waals surface area (Å²) >= 11 is 0. The summed E-state index contributed by atoms with van der Waals surface area (Å²) in [5.41, 5.74) is 12.3. The predicted molar refractivity (Wildman–Crippen MR) is 104 cm³/mol. The minimum absolute atomic E-state index is 0.169. The van der Waals surface area contributed by atoms with E-state index in [0.29, 0.717) is 11.4 Å². The molecule has 2 aromatic carbocycles. The third-order valence-electron chi connectivity index (χ3n) is 2.67. The molecule has 0 saturated heterocycles. The fourth-order valence-corrected chi connectivity index (χ4v) is 1.98. The molecule has 0 aliphatic heterocycles. The molecule has 2 rings (SSSR count). The molecule has 7 nitrogen and oxygen atoms in total. The maximum Gasteiger partial charge on any atom is 0.268 e. The van der Waals surface area contributed by atoms with Crippen molar-refractivity contribution in [2.24, 2.45) is 5.73 Å². The number of hydrogen-bond acceptors (Lipinski definition) is 6. The van der Waals surface area contributed by atoms with E-state index in [2.05, 4.69) is 11.1 Å². The van der Waals surface area contributed by atoms with Crippen LogP contribution >= 0.6 is 0 Å². The van der Waals surface area contributed by atoms with Gasteiger partial charge in [-0.3, -0.25) is 4.55 Å². The van der Waals surface area contributed by atoms with Gasteiger partial charge >= 0.3 is 0 Å². The normalized spacial score (nSPS) is 9.80. The summed E-state index contributed by atoms with van der Waals surface area (Å²) in [6, 6.07) is 14.7. The summed E-state index contributed by atoms with van der Waals surface area (Å²) in [5, 5.41) is 3.17. The Hall–Kier alpha value is -2.29. The molecule has 0 atom stereocenters. The summed E-state index contributed by atoms with van der Waals surface area (Å²) < 4.78 is 35.2. The second-order valence-corrected chi connectivity index (χ2v) is 5.95. The molecule has 0 aromatic heterocycles. The third-order valence-corrected chi connectivity index (χ3v) is 3.36. The van der Waals surface area contributed by atoms with Gasteiger partial charge in [0.15, 0.2) is 0 Å². The second kappa shape index (κ2) is 12.1. The lowest BCUT2D eigenvalue weighted by molar-refractivity contribution is 0.337. The van der Waals surface area contributed by atoms with E-state index in [1.807, 2.05) is 44.2 Å². The Morgan fingerprint density at radius 1 is 1.04 bits per heavy atom. The fraction of sp³-hybridized carbons (Fsp3) is 0.294. The highest BCUT2D eigenvalue weighted by Gasteiger charge is 2.07. The minimum atomic E-state index is -4.05. The Bertz CT molecular complexity index is 707. The lowest BCUT2D eigenvalue weighted by Crippen LogP contribution is -2.13. The molecule has 8 heteroatoms. The molecule has 0 amide bonds. The Balaban J connectivity index is 0.00000134. The molecule has 0 bridgehead atoms. The maximum atomic E-state index is 10.6. The van der Waals surface area contributed by atoms with Gasteiger partial charge in [-0.25, -0.2) is 0 Å². The van der Waals surface area contributed by atoms with E-state index in [0.717, 1.165) is 11.4 Å². The molecule has 0 spiro atoms. The van der Waals surface area contributed by atoms with Gasteiger partial charge in [0.1, 0.15) is 18.1 Å². The summed E-state index contributed by atoms with van der Waals surface area (Å²) in [4.78, 5) is 0. The van der Waals surface area contributed by atoms with Gasteiger partial charge in [0.25, 0.3) is 10.1 Å². The zero-order valence-corrected chi connectivity index (χ0v) is 15.6. The van der Waals surface area contributed by atoms with Gasteiger partial charge in [-0.05, 0) is 31.3 Å². The lowest BCUT2D eigenvalue weighted by Gasteiger charge is -2.11. The van der Waals surface area contributed by atoms with Gasteiger partial charge in [-0.2, -0.15) is 8.42 Å². The predicted octanol–water partition coefficient (Wildman–Crippen LogP) is 2.88. The van der Waals surface area contributed by atoms with Crippen LogP contribution in [0, 0.1) is 0 Å². The molecule has 0 heterocycles. The summed E-state index contributed by atoms with van der Waals surface area (Å²) in [7, 11) is -2.55. The number of benzene rings is 2.